The minimum absolute atomic E-state index is 0.243. The Bertz CT molecular complexity index is 599. The molecule has 1 rings (SSSR count). The Labute approximate surface area is 126 Å². The van der Waals surface area contributed by atoms with Gasteiger partial charge in [0.05, 0.1) is 18.6 Å². The van der Waals surface area contributed by atoms with Gasteiger partial charge in [0, 0.05) is 13.7 Å². The van der Waals surface area contributed by atoms with Crippen LogP contribution in [0.2, 0.25) is 0 Å². The molecule has 0 radical (unpaired) electrons. The van der Waals surface area contributed by atoms with Gasteiger partial charge in [-0.25, -0.2) is 8.42 Å². The lowest BCUT2D eigenvalue weighted by Gasteiger charge is -2.24. The van der Waals surface area contributed by atoms with Crippen molar-refractivity contribution in [2.75, 3.05) is 37.4 Å². The summed E-state index contributed by atoms with van der Waals surface area (Å²) in [5.74, 6) is -0.363. The molecule has 0 heterocycles. The standard InChI is InChI=1S/C14H22N2O4S/c1-11-6-5-7-13(12(11)2)16(21(4,18)19)10-14(17)15-8-9-20-3/h5-7H,8-10H2,1-4H3,(H,15,17). The maximum absolute atomic E-state index is 12.0. The number of hydrogen-bond donors (Lipinski definition) is 1. The zero-order valence-corrected chi connectivity index (χ0v) is 13.7. The van der Waals surface area contributed by atoms with E-state index in [1.165, 1.54) is 7.11 Å². The van der Waals surface area contributed by atoms with Crippen LogP contribution in [0.3, 0.4) is 0 Å². The summed E-state index contributed by atoms with van der Waals surface area (Å²) in [6, 6.07) is 5.38. The molecule has 7 heteroatoms. The fraction of sp³-hybridized carbons (Fsp3) is 0.500. The van der Waals surface area contributed by atoms with Crippen molar-refractivity contribution in [3.63, 3.8) is 0 Å². The molecule has 0 atom stereocenters. The molecule has 6 nitrogen and oxygen atoms in total. The van der Waals surface area contributed by atoms with E-state index in [-0.39, 0.29) is 12.5 Å². The first-order valence-corrected chi connectivity index (χ1v) is 8.41. The first-order chi connectivity index (χ1) is 9.77. The van der Waals surface area contributed by atoms with Crippen molar-refractivity contribution in [1.82, 2.24) is 5.32 Å². The van der Waals surface area contributed by atoms with Crippen molar-refractivity contribution in [2.24, 2.45) is 0 Å². The van der Waals surface area contributed by atoms with Gasteiger partial charge >= 0.3 is 0 Å². The maximum atomic E-state index is 12.0. The molecular formula is C14H22N2O4S. The van der Waals surface area contributed by atoms with Gasteiger partial charge in [-0.3, -0.25) is 9.10 Å². The van der Waals surface area contributed by atoms with Crippen molar-refractivity contribution in [2.45, 2.75) is 13.8 Å². The molecule has 0 aromatic heterocycles. The average Bonchev–Trinajstić information content (AvgIpc) is 2.39. The van der Waals surface area contributed by atoms with E-state index in [4.69, 9.17) is 4.74 Å². The molecule has 0 aliphatic heterocycles. The van der Waals surface area contributed by atoms with Gasteiger partial charge in [-0.15, -0.1) is 0 Å². The van der Waals surface area contributed by atoms with Crippen LogP contribution in [-0.4, -0.2) is 47.4 Å². The average molecular weight is 314 g/mol. The largest absolute Gasteiger partial charge is 0.383 e. The number of amides is 1. The van der Waals surface area contributed by atoms with Gasteiger partial charge in [0.2, 0.25) is 15.9 Å². The second-order valence-corrected chi connectivity index (χ2v) is 6.74. The second-order valence-electron chi connectivity index (χ2n) is 4.83. The molecular weight excluding hydrogens is 292 g/mol. The quantitative estimate of drug-likeness (QED) is 0.757. The summed E-state index contributed by atoms with van der Waals surface area (Å²) in [4.78, 5) is 11.9. The summed E-state index contributed by atoms with van der Waals surface area (Å²) in [6.45, 7) is 4.23. The Morgan fingerprint density at radius 3 is 2.57 bits per heavy atom. The highest BCUT2D eigenvalue weighted by molar-refractivity contribution is 7.92. The third-order valence-electron chi connectivity index (χ3n) is 3.16. The van der Waals surface area contributed by atoms with Crippen LogP contribution in [-0.2, 0) is 19.6 Å². The van der Waals surface area contributed by atoms with Gasteiger partial charge < -0.3 is 10.1 Å². The number of methoxy groups -OCH3 is 1. The molecule has 1 N–H and O–H groups in total. The van der Waals surface area contributed by atoms with E-state index in [0.717, 1.165) is 21.7 Å². The third-order valence-corrected chi connectivity index (χ3v) is 4.29. The number of hydrogen-bond acceptors (Lipinski definition) is 4. The second kappa shape index (κ2) is 7.42. The van der Waals surface area contributed by atoms with E-state index in [1.807, 2.05) is 19.9 Å². The van der Waals surface area contributed by atoms with Crippen molar-refractivity contribution in [3.8, 4) is 0 Å². The highest BCUT2D eigenvalue weighted by atomic mass is 32.2. The summed E-state index contributed by atoms with van der Waals surface area (Å²) in [5, 5.41) is 2.62. The number of benzene rings is 1. The first kappa shape index (κ1) is 17.5. The van der Waals surface area contributed by atoms with Crippen LogP contribution in [0.5, 0.6) is 0 Å². The molecule has 0 spiro atoms. The number of nitrogens with zero attached hydrogens (tertiary/aromatic N) is 1. The van der Waals surface area contributed by atoms with Gasteiger partial charge in [0.25, 0.3) is 0 Å². The van der Waals surface area contributed by atoms with Crippen LogP contribution in [0.15, 0.2) is 18.2 Å². The lowest BCUT2D eigenvalue weighted by molar-refractivity contribution is -0.119. The lowest BCUT2D eigenvalue weighted by Crippen LogP contribution is -2.41. The highest BCUT2D eigenvalue weighted by Gasteiger charge is 2.22. The van der Waals surface area contributed by atoms with Crippen molar-refractivity contribution in [3.05, 3.63) is 29.3 Å². The van der Waals surface area contributed by atoms with E-state index in [2.05, 4.69) is 5.32 Å². The molecule has 0 fully saturated rings. The van der Waals surface area contributed by atoms with E-state index >= 15 is 0 Å². The zero-order valence-electron chi connectivity index (χ0n) is 12.8. The molecule has 0 bridgehead atoms. The summed E-state index contributed by atoms with van der Waals surface area (Å²) < 4.78 is 29.9. The van der Waals surface area contributed by atoms with Gasteiger partial charge in [0.15, 0.2) is 0 Å². The van der Waals surface area contributed by atoms with Gasteiger partial charge in [-0.1, -0.05) is 12.1 Å². The van der Waals surface area contributed by atoms with E-state index < -0.39 is 10.0 Å². The Morgan fingerprint density at radius 2 is 2.00 bits per heavy atom. The summed E-state index contributed by atoms with van der Waals surface area (Å²) in [5.41, 5.74) is 2.34. The SMILES string of the molecule is COCCNC(=O)CN(c1cccc(C)c1C)S(C)(=O)=O. The molecule has 118 valence electrons. The number of anilines is 1. The molecule has 1 aromatic rings. The minimum Gasteiger partial charge on any atom is -0.383 e. The maximum Gasteiger partial charge on any atom is 0.240 e. The third kappa shape index (κ3) is 5.02. The lowest BCUT2D eigenvalue weighted by atomic mass is 10.1. The molecule has 0 unspecified atom stereocenters. The molecule has 21 heavy (non-hydrogen) atoms. The Kier molecular flexibility index (Phi) is 6.17. The number of carbonyl (C=O) groups is 1. The molecule has 1 amide bonds. The molecule has 0 saturated heterocycles. The Hall–Kier alpha value is -1.60. The number of ether oxygens (including phenoxy) is 1. The first-order valence-electron chi connectivity index (χ1n) is 6.57. The van der Waals surface area contributed by atoms with Crippen molar-refractivity contribution >= 4 is 21.6 Å². The number of rotatable bonds is 7. The van der Waals surface area contributed by atoms with Crippen LogP contribution in [0.1, 0.15) is 11.1 Å². The van der Waals surface area contributed by atoms with E-state index in [9.17, 15) is 13.2 Å². The minimum atomic E-state index is -3.54. The Morgan fingerprint density at radius 1 is 1.33 bits per heavy atom. The van der Waals surface area contributed by atoms with Gasteiger partial charge in [-0.05, 0) is 31.0 Å². The Balaban J connectivity index is 2.98. The monoisotopic (exact) mass is 314 g/mol. The highest BCUT2D eigenvalue weighted by Crippen LogP contribution is 2.24. The predicted molar refractivity (Wildman–Crippen MR) is 83.0 cm³/mol. The van der Waals surface area contributed by atoms with Gasteiger partial charge in [0.1, 0.15) is 6.54 Å². The zero-order chi connectivity index (χ0) is 16.0. The number of carbonyl (C=O) groups excluding carboxylic acids is 1. The van der Waals surface area contributed by atoms with E-state index in [0.29, 0.717) is 18.8 Å². The molecule has 0 saturated carbocycles. The summed E-state index contributed by atoms with van der Waals surface area (Å²) in [7, 11) is -2.01. The number of nitrogens with one attached hydrogen (secondary N) is 1. The van der Waals surface area contributed by atoms with E-state index in [1.54, 1.807) is 12.1 Å². The fourth-order valence-electron chi connectivity index (χ4n) is 1.87. The number of sulfonamides is 1. The smallest absolute Gasteiger partial charge is 0.240 e. The molecule has 0 aliphatic carbocycles. The van der Waals surface area contributed by atoms with Crippen molar-refractivity contribution in [1.29, 1.82) is 0 Å². The van der Waals surface area contributed by atoms with Crippen molar-refractivity contribution < 1.29 is 17.9 Å². The predicted octanol–water partition coefficient (Wildman–Crippen LogP) is 0.832. The normalized spacial score (nSPS) is 11.2. The molecule has 1 aromatic carbocycles. The van der Waals surface area contributed by atoms with Crippen LogP contribution in [0.4, 0.5) is 5.69 Å². The molecule has 0 aliphatic rings. The van der Waals surface area contributed by atoms with Crippen LogP contribution < -0.4 is 9.62 Å². The number of aryl methyl sites for hydroxylation is 1. The summed E-state index contributed by atoms with van der Waals surface area (Å²) in [6.07, 6.45) is 1.09. The van der Waals surface area contributed by atoms with Crippen LogP contribution in [0.25, 0.3) is 0 Å². The van der Waals surface area contributed by atoms with Gasteiger partial charge in [-0.2, -0.15) is 0 Å². The topological polar surface area (TPSA) is 75.7 Å². The van der Waals surface area contributed by atoms with Crippen LogP contribution >= 0.6 is 0 Å². The fourth-order valence-corrected chi connectivity index (χ4v) is 2.77. The summed E-state index contributed by atoms with van der Waals surface area (Å²) >= 11 is 0. The van der Waals surface area contributed by atoms with Crippen LogP contribution in [0, 0.1) is 13.8 Å².